The molecule has 0 heterocycles. The second-order valence-corrected chi connectivity index (χ2v) is 4.30. The van der Waals surface area contributed by atoms with Crippen LogP contribution in [0, 0.1) is 10.1 Å². The summed E-state index contributed by atoms with van der Waals surface area (Å²) in [7, 11) is 0. The van der Waals surface area contributed by atoms with E-state index in [2.05, 4.69) is 5.32 Å². The van der Waals surface area contributed by atoms with Crippen LogP contribution in [-0.2, 0) is 11.3 Å². The Labute approximate surface area is 117 Å². The minimum Gasteiger partial charge on any atom is -0.486 e. The second-order valence-electron chi connectivity index (χ2n) is 4.30. The summed E-state index contributed by atoms with van der Waals surface area (Å²) in [4.78, 5) is 21.1. The lowest BCUT2D eigenvalue weighted by Crippen LogP contribution is -2.15. The average molecular weight is 281 g/mol. The van der Waals surface area contributed by atoms with Gasteiger partial charge in [0, 0.05) is 12.6 Å². The number of hydrogen-bond donors (Lipinski definition) is 2. The number of nitro benzene ring substituents is 1. The first kappa shape index (κ1) is 15.9. The molecular formula is C13H19N3O4. The van der Waals surface area contributed by atoms with Gasteiger partial charge < -0.3 is 15.8 Å². The summed E-state index contributed by atoms with van der Waals surface area (Å²) in [5, 5.41) is 14.2. The number of nitrogens with zero attached hydrogens (tertiary/aromatic N) is 1. The summed E-state index contributed by atoms with van der Waals surface area (Å²) >= 11 is 0. The van der Waals surface area contributed by atoms with Crippen molar-refractivity contribution in [1.29, 1.82) is 0 Å². The molecule has 0 unspecified atom stereocenters. The number of primary amides is 1. The van der Waals surface area contributed by atoms with Crippen LogP contribution in [0.5, 0.6) is 5.75 Å². The van der Waals surface area contributed by atoms with Crippen LogP contribution in [0.2, 0.25) is 0 Å². The molecule has 0 saturated carbocycles. The number of rotatable bonds is 9. The Bertz CT molecular complexity index is 477. The number of carbonyl (C=O) groups is 1. The first-order chi connectivity index (χ1) is 9.54. The van der Waals surface area contributed by atoms with E-state index in [1.165, 1.54) is 6.07 Å². The highest BCUT2D eigenvalue weighted by molar-refractivity contribution is 5.73. The zero-order chi connectivity index (χ0) is 15.0. The van der Waals surface area contributed by atoms with Gasteiger partial charge in [0.2, 0.25) is 5.91 Å². The molecule has 0 radical (unpaired) electrons. The number of nitrogens with one attached hydrogen (secondary N) is 1. The summed E-state index contributed by atoms with van der Waals surface area (Å²) in [6, 6.07) is 4.78. The van der Waals surface area contributed by atoms with Crippen LogP contribution < -0.4 is 15.8 Å². The standard InChI is InChI=1S/C13H19N3O4/c1-2-6-15-9-10-3-4-12(11(8-10)16(18)19)20-7-5-13(14)17/h3-4,8,15H,2,5-7,9H2,1H3,(H2,14,17). The molecule has 1 amide bonds. The molecular weight excluding hydrogens is 262 g/mol. The summed E-state index contributed by atoms with van der Waals surface area (Å²) in [5.41, 5.74) is 5.69. The lowest BCUT2D eigenvalue weighted by atomic mass is 10.2. The van der Waals surface area contributed by atoms with Crippen LogP contribution >= 0.6 is 0 Å². The van der Waals surface area contributed by atoms with Crippen LogP contribution in [0.4, 0.5) is 5.69 Å². The maximum Gasteiger partial charge on any atom is 0.311 e. The van der Waals surface area contributed by atoms with Gasteiger partial charge in [-0.25, -0.2) is 0 Å². The van der Waals surface area contributed by atoms with Gasteiger partial charge in [0.25, 0.3) is 0 Å². The number of nitrogens with two attached hydrogens (primary N) is 1. The van der Waals surface area contributed by atoms with Gasteiger partial charge in [0.05, 0.1) is 18.0 Å². The van der Waals surface area contributed by atoms with E-state index in [0.29, 0.717) is 6.54 Å². The number of ether oxygens (including phenoxy) is 1. The maximum absolute atomic E-state index is 11.0. The summed E-state index contributed by atoms with van der Waals surface area (Å²) < 4.78 is 5.23. The predicted molar refractivity (Wildman–Crippen MR) is 74.4 cm³/mol. The molecule has 0 aliphatic rings. The van der Waals surface area contributed by atoms with Crippen molar-refractivity contribution in [3.63, 3.8) is 0 Å². The van der Waals surface area contributed by atoms with Gasteiger partial charge in [-0.3, -0.25) is 14.9 Å². The zero-order valence-corrected chi connectivity index (χ0v) is 11.4. The van der Waals surface area contributed by atoms with E-state index in [1.54, 1.807) is 12.1 Å². The average Bonchev–Trinajstić information content (AvgIpc) is 2.39. The molecule has 1 aromatic carbocycles. The van der Waals surface area contributed by atoms with E-state index in [9.17, 15) is 14.9 Å². The molecule has 0 aromatic heterocycles. The summed E-state index contributed by atoms with van der Waals surface area (Å²) in [6.07, 6.45) is 1.02. The first-order valence-electron chi connectivity index (χ1n) is 6.43. The number of hydrogen-bond acceptors (Lipinski definition) is 5. The van der Waals surface area contributed by atoms with Gasteiger partial charge in [0.1, 0.15) is 0 Å². The van der Waals surface area contributed by atoms with Crippen LogP contribution in [0.1, 0.15) is 25.3 Å². The summed E-state index contributed by atoms with van der Waals surface area (Å²) in [5.74, 6) is -0.358. The van der Waals surface area contributed by atoms with E-state index in [4.69, 9.17) is 10.5 Å². The number of benzene rings is 1. The van der Waals surface area contributed by atoms with Gasteiger partial charge in [-0.1, -0.05) is 13.0 Å². The van der Waals surface area contributed by atoms with Crippen molar-refractivity contribution in [3.05, 3.63) is 33.9 Å². The predicted octanol–water partition coefficient (Wildman–Crippen LogP) is 1.35. The van der Waals surface area contributed by atoms with Gasteiger partial charge in [0.15, 0.2) is 5.75 Å². The monoisotopic (exact) mass is 281 g/mol. The largest absolute Gasteiger partial charge is 0.486 e. The Morgan fingerprint density at radius 3 is 2.85 bits per heavy atom. The molecule has 0 fully saturated rings. The minimum atomic E-state index is -0.506. The van der Waals surface area contributed by atoms with E-state index in [-0.39, 0.29) is 24.5 Å². The van der Waals surface area contributed by atoms with Gasteiger partial charge in [-0.15, -0.1) is 0 Å². The van der Waals surface area contributed by atoms with E-state index in [0.717, 1.165) is 18.5 Å². The number of carbonyl (C=O) groups excluding carboxylic acids is 1. The third-order valence-corrected chi connectivity index (χ3v) is 2.58. The normalized spacial score (nSPS) is 10.2. The van der Waals surface area contributed by atoms with Crippen molar-refractivity contribution in [3.8, 4) is 5.75 Å². The molecule has 1 rings (SSSR count). The van der Waals surface area contributed by atoms with Crippen molar-refractivity contribution in [2.45, 2.75) is 26.3 Å². The number of amides is 1. The number of nitro groups is 1. The molecule has 0 atom stereocenters. The Hall–Kier alpha value is -2.15. The minimum absolute atomic E-state index is 0.0248. The molecule has 1 aromatic rings. The van der Waals surface area contributed by atoms with Gasteiger partial charge >= 0.3 is 5.69 Å². The molecule has 0 bridgehead atoms. The van der Waals surface area contributed by atoms with E-state index < -0.39 is 10.8 Å². The summed E-state index contributed by atoms with van der Waals surface area (Å²) in [6.45, 7) is 3.50. The SMILES string of the molecule is CCCNCc1ccc(OCCC(N)=O)c([N+](=O)[O-])c1. The fourth-order valence-corrected chi connectivity index (χ4v) is 1.61. The quantitative estimate of drug-likeness (QED) is 0.403. The van der Waals surface area contributed by atoms with Crippen molar-refractivity contribution >= 4 is 11.6 Å². The maximum atomic E-state index is 11.0. The van der Waals surface area contributed by atoms with Crippen molar-refractivity contribution in [2.24, 2.45) is 5.73 Å². The van der Waals surface area contributed by atoms with Crippen LogP contribution in [0.3, 0.4) is 0 Å². The Morgan fingerprint density at radius 1 is 1.50 bits per heavy atom. The third kappa shape index (κ3) is 5.23. The third-order valence-electron chi connectivity index (χ3n) is 2.58. The Balaban J connectivity index is 2.74. The second kappa shape index (κ2) is 8.11. The molecule has 20 heavy (non-hydrogen) atoms. The molecule has 0 saturated heterocycles. The molecule has 0 aliphatic carbocycles. The fraction of sp³-hybridized carbons (Fsp3) is 0.462. The zero-order valence-electron chi connectivity index (χ0n) is 11.4. The molecule has 7 heteroatoms. The van der Waals surface area contributed by atoms with Crippen molar-refractivity contribution in [1.82, 2.24) is 5.32 Å². The topological polar surface area (TPSA) is 107 Å². The van der Waals surface area contributed by atoms with Crippen molar-refractivity contribution < 1.29 is 14.5 Å². The molecule has 110 valence electrons. The highest BCUT2D eigenvalue weighted by Gasteiger charge is 2.16. The lowest BCUT2D eigenvalue weighted by molar-refractivity contribution is -0.385. The van der Waals surface area contributed by atoms with Gasteiger partial charge in [-0.2, -0.15) is 0 Å². The smallest absolute Gasteiger partial charge is 0.311 e. The lowest BCUT2D eigenvalue weighted by Gasteiger charge is -2.08. The molecule has 7 nitrogen and oxygen atoms in total. The highest BCUT2D eigenvalue weighted by Crippen LogP contribution is 2.28. The highest BCUT2D eigenvalue weighted by atomic mass is 16.6. The molecule has 0 aliphatic heterocycles. The van der Waals surface area contributed by atoms with Gasteiger partial charge in [-0.05, 0) is 24.6 Å². The van der Waals surface area contributed by atoms with Crippen molar-refractivity contribution in [2.75, 3.05) is 13.2 Å². The first-order valence-corrected chi connectivity index (χ1v) is 6.43. The van der Waals surface area contributed by atoms with Crippen LogP contribution in [-0.4, -0.2) is 24.0 Å². The fourth-order valence-electron chi connectivity index (χ4n) is 1.61. The molecule has 3 N–H and O–H groups in total. The Morgan fingerprint density at radius 2 is 2.25 bits per heavy atom. The van der Waals surface area contributed by atoms with E-state index in [1.807, 2.05) is 6.92 Å². The Kier molecular flexibility index (Phi) is 6.45. The van der Waals surface area contributed by atoms with Crippen LogP contribution in [0.15, 0.2) is 18.2 Å². The molecule has 0 spiro atoms. The van der Waals surface area contributed by atoms with E-state index >= 15 is 0 Å². The van der Waals surface area contributed by atoms with Crippen LogP contribution in [0.25, 0.3) is 0 Å².